The number of amides is 3. The number of hydrogen-bond acceptors (Lipinski definition) is 3. The van der Waals surface area contributed by atoms with Crippen molar-refractivity contribution >= 4 is 29.1 Å². The fourth-order valence-corrected chi connectivity index (χ4v) is 3.14. The molecular weight excluding hydrogens is 342 g/mol. The Labute approximate surface area is 161 Å². The number of rotatable bonds is 8. The molecule has 2 rings (SSSR count). The first-order valence-electron chi connectivity index (χ1n) is 9.55. The van der Waals surface area contributed by atoms with Crippen molar-refractivity contribution in [1.82, 2.24) is 4.90 Å². The largest absolute Gasteiger partial charge is 0.342 e. The van der Waals surface area contributed by atoms with Gasteiger partial charge in [0.05, 0.1) is 0 Å². The zero-order valence-corrected chi connectivity index (χ0v) is 16.2. The standard InChI is InChI=1S/C21H29N3O3/c1-16(25)22-19-8-10-20(11-9-19)23-21(27)13-15-24(17(2)26)14-12-18-6-4-3-5-7-18/h6,8-11H,3-5,7,12-15H2,1-2H3,(H,22,25)(H,23,27). The van der Waals surface area contributed by atoms with Gasteiger partial charge < -0.3 is 15.5 Å². The van der Waals surface area contributed by atoms with E-state index in [1.54, 1.807) is 36.1 Å². The summed E-state index contributed by atoms with van der Waals surface area (Å²) in [5.41, 5.74) is 2.77. The monoisotopic (exact) mass is 371 g/mol. The molecule has 0 fully saturated rings. The molecule has 6 nitrogen and oxygen atoms in total. The zero-order chi connectivity index (χ0) is 19.6. The average molecular weight is 371 g/mol. The lowest BCUT2D eigenvalue weighted by Gasteiger charge is -2.22. The van der Waals surface area contributed by atoms with Crippen LogP contribution in [0.2, 0.25) is 0 Å². The number of anilines is 2. The van der Waals surface area contributed by atoms with E-state index in [2.05, 4.69) is 16.7 Å². The maximum atomic E-state index is 12.2. The molecule has 0 bridgehead atoms. The number of hydrogen-bond donors (Lipinski definition) is 2. The molecule has 0 unspecified atom stereocenters. The molecule has 0 aromatic heterocycles. The first-order valence-corrected chi connectivity index (χ1v) is 9.55. The van der Waals surface area contributed by atoms with E-state index >= 15 is 0 Å². The molecule has 27 heavy (non-hydrogen) atoms. The molecule has 1 aliphatic rings. The maximum absolute atomic E-state index is 12.2. The molecular formula is C21H29N3O3. The van der Waals surface area contributed by atoms with Crippen molar-refractivity contribution in [2.24, 2.45) is 0 Å². The van der Waals surface area contributed by atoms with Gasteiger partial charge in [-0.2, -0.15) is 0 Å². The summed E-state index contributed by atoms with van der Waals surface area (Å²) in [5, 5.41) is 5.50. The van der Waals surface area contributed by atoms with Gasteiger partial charge in [-0.3, -0.25) is 14.4 Å². The van der Waals surface area contributed by atoms with Crippen LogP contribution in [0.1, 0.15) is 52.4 Å². The van der Waals surface area contributed by atoms with Crippen LogP contribution in [0, 0.1) is 0 Å². The Morgan fingerprint density at radius 2 is 1.63 bits per heavy atom. The van der Waals surface area contributed by atoms with E-state index in [0.717, 1.165) is 19.3 Å². The first-order chi connectivity index (χ1) is 12.9. The fourth-order valence-electron chi connectivity index (χ4n) is 3.14. The summed E-state index contributed by atoms with van der Waals surface area (Å²) >= 11 is 0. The van der Waals surface area contributed by atoms with Crippen molar-refractivity contribution in [3.05, 3.63) is 35.9 Å². The molecule has 1 aromatic carbocycles. The lowest BCUT2D eigenvalue weighted by molar-refractivity contribution is -0.129. The van der Waals surface area contributed by atoms with Crippen molar-refractivity contribution in [2.75, 3.05) is 23.7 Å². The van der Waals surface area contributed by atoms with Crippen molar-refractivity contribution < 1.29 is 14.4 Å². The van der Waals surface area contributed by atoms with E-state index in [1.165, 1.54) is 25.3 Å². The topological polar surface area (TPSA) is 78.5 Å². The Bertz CT molecular complexity index is 695. The van der Waals surface area contributed by atoms with Gasteiger partial charge >= 0.3 is 0 Å². The van der Waals surface area contributed by atoms with Crippen LogP contribution in [-0.4, -0.2) is 35.7 Å². The molecule has 0 saturated carbocycles. The molecule has 2 N–H and O–H groups in total. The zero-order valence-electron chi connectivity index (χ0n) is 16.2. The average Bonchev–Trinajstić information content (AvgIpc) is 2.63. The van der Waals surface area contributed by atoms with Gasteiger partial charge in [0, 0.05) is 44.7 Å². The number of benzene rings is 1. The molecule has 0 saturated heterocycles. The van der Waals surface area contributed by atoms with Crippen molar-refractivity contribution in [2.45, 2.75) is 52.4 Å². The van der Waals surface area contributed by atoms with Crippen LogP contribution in [0.3, 0.4) is 0 Å². The molecule has 3 amide bonds. The summed E-state index contributed by atoms with van der Waals surface area (Å²) < 4.78 is 0. The molecule has 0 spiro atoms. The molecule has 0 aliphatic heterocycles. The highest BCUT2D eigenvalue weighted by molar-refractivity contribution is 5.92. The first kappa shape index (κ1) is 20.7. The van der Waals surface area contributed by atoms with E-state index in [9.17, 15) is 14.4 Å². The maximum Gasteiger partial charge on any atom is 0.226 e. The predicted octanol–water partition coefficient (Wildman–Crippen LogP) is 3.71. The highest BCUT2D eigenvalue weighted by Crippen LogP contribution is 2.20. The molecule has 6 heteroatoms. The quantitative estimate of drug-likeness (QED) is 0.684. The Morgan fingerprint density at radius 1 is 0.963 bits per heavy atom. The minimum absolute atomic E-state index is 0.00105. The van der Waals surface area contributed by atoms with Crippen LogP contribution in [0.5, 0.6) is 0 Å². The third-order valence-corrected chi connectivity index (χ3v) is 4.63. The van der Waals surface area contributed by atoms with E-state index in [4.69, 9.17) is 0 Å². The second-order valence-corrected chi connectivity index (χ2v) is 6.92. The summed E-state index contributed by atoms with van der Waals surface area (Å²) in [7, 11) is 0. The van der Waals surface area contributed by atoms with Gasteiger partial charge in [0.2, 0.25) is 17.7 Å². The number of carbonyl (C=O) groups is 3. The lowest BCUT2D eigenvalue weighted by atomic mass is 9.97. The summed E-state index contributed by atoms with van der Waals surface area (Å²) in [5.74, 6) is -0.274. The van der Waals surface area contributed by atoms with Gasteiger partial charge in [-0.1, -0.05) is 11.6 Å². The molecule has 0 atom stereocenters. The number of allylic oxidation sites excluding steroid dienone is 1. The molecule has 1 aromatic rings. The van der Waals surface area contributed by atoms with Gasteiger partial charge in [0.1, 0.15) is 0 Å². The van der Waals surface area contributed by atoms with Crippen LogP contribution in [0.25, 0.3) is 0 Å². The molecule has 146 valence electrons. The van der Waals surface area contributed by atoms with Crippen LogP contribution in [0.4, 0.5) is 11.4 Å². The van der Waals surface area contributed by atoms with Crippen molar-refractivity contribution in [1.29, 1.82) is 0 Å². The Hall–Kier alpha value is -2.63. The number of carbonyl (C=O) groups excluding carboxylic acids is 3. The van der Waals surface area contributed by atoms with E-state index in [-0.39, 0.29) is 24.1 Å². The molecule has 0 radical (unpaired) electrons. The Morgan fingerprint density at radius 3 is 2.19 bits per heavy atom. The number of nitrogens with zero attached hydrogens (tertiary/aromatic N) is 1. The molecule has 0 heterocycles. The fraction of sp³-hybridized carbons (Fsp3) is 0.476. The van der Waals surface area contributed by atoms with Crippen LogP contribution in [0.15, 0.2) is 35.9 Å². The van der Waals surface area contributed by atoms with Crippen LogP contribution in [-0.2, 0) is 14.4 Å². The minimum Gasteiger partial charge on any atom is -0.342 e. The Balaban J connectivity index is 1.78. The van der Waals surface area contributed by atoms with Gasteiger partial charge in [0.25, 0.3) is 0 Å². The summed E-state index contributed by atoms with van der Waals surface area (Å²) in [6.07, 6.45) is 8.19. The van der Waals surface area contributed by atoms with E-state index in [0.29, 0.717) is 24.5 Å². The smallest absolute Gasteiger partial charge is 0.226 e. The number of nitrogens with one attached hydrogen (secondary N) is 2. The van der Waals surface area contributed by atoms with Crippen LogP contribution < -0.4 is 10.6 Å². The Kier molecular flexibility index (Phi) is 8.04. The summed E-state index contributed by atoms with van der Waals surface area (Å²) in [4.78, 5) is 36.8. The molecule has 1 aliphatic carbocycles. The summed E-state index contributed by atoms with van der Waals surface area (Å²) in [6, 6.07) is 6.94. The highest BCUT2D eigenvalue weighted by Gasteiger charge is 2.13. The van der Waals surface area contributed by atoms with Crippen molar-refractivity contribution in [3.8, 4) is 0 Å². The third kappa shape index (κ3) is 7.64. The van der Waals surface area contributed by atoms with E-state index in [1.807, 2.05) is 0 Å². The SMILES string of the molecule is CC(=O)Nc1ccc(NC(=O)CCN(CCC2=CCCCC2)C(C)=O)cc1. The second-order valence-electron chi connectivity index (χ2n) is 6.92. The summed E-state index contributed by atoms with van der Waals surface area (Å²) in [6.45, 7) is 4.08. The third-order valence-electron chi connectivity index (χ3n) is 4.63. The highest BCUT2D eigenvalue weighted by atomic mass is 16.2. The van der Waals surface area contributed by atoms with Gasteiger partial charge in [-0.05, 0) is 56.4 Å². The lowest BCUT2D eigenvalue weighted by Crippen LogP contribution is -2.33. The van der Waals surface area contributed by atoms with Crippen molar-refractivity contribution in [3.63, 3.8) is 0 Å². The normalized spacial score (nSPS) is 13.5. The van der Waals surface area contributed by atoms with Gasteiger partial charge in [0.15, 0.2) is 0 Å². The minimum atomic E-state index is -0.139. The van der Waals surface area contributed by atoms with E-state index < -0.39 is 0 Å². The predicted molar refractivity (Wildman–Crippen MR) is 107 cm³/mol. The van der Waals surface area contributed by atoms with Crippen LogP contribution >= 0.6 is 0 Å². The van der Waals surface area contributed by atoms with Gasteiger partial charge in [-0.25, -0.2) is 0 Å². The van der Waals surface area contributed by atoms with Gasteiger partial charge in [-0.15, -0.1) is 0 Å². The second kappa shape index (κ2) is 10.5.